The fourth-order valence-corrected chi connectivity index (χ4v) is 4.16. The topological polar surface area (TPSA) is 48.0 Å². The van der Waals surface area contributed by atoms with Gasteiger partial charge >= 0.3 is 0 Å². The normalized spacial score (nSPS) is 15.1. The highest BCUT2D eigenvalue weighted by Gasteiger charge is 2.34. The Morgan fingerprint density at radius 3 is 2.44 bits per heavy atom. The smallest absolute Gasteiger partial charge is 0.256 e. The van der Waals surface area contributed by atoms with Crippen LogP contribution in [0.25, 0.3) is 0 Å². The maximum Gasteiger partial charge on any atom is 0.256 e. The molecule has 0 N–H and O–H groups in total. The summed E-state index contributed by atoms with van der Waals surface area (Å²) in [5.74, 6) is 1.21. The van der Waals surface area contributed by atoms with Crippen LogP contribution in [-0.2, 0) is 6.42 Å². The van der Waals surface area contributed by atoms with Gasteiger partial charge in [-0.05, 0) is 66.1 Å². The predicted octanol–water partition coefficient (Wildman–Crippen LogP) is 5.31. The van der Waals surface area contributed by atoms with Crippen LogP contribution < -0.4 is 14.2 Å². The van der Waals surface area contributed by atoms with E-state index in [-0.39, 0.29) is 18.3 Å². The van der Waals surface area contributed by atoms with E-state index in [1.165, 1.54) is 12.1 Å². The molecule has 1 heterocycles. The number of fused-ring (bicyclic) bond motifs is 1. The third-order valence-electron chi connectivity index (χ3n) is 5.59. The third-order valence-corrected chi connectivity index (χ3v) is 5.92. The van der Waals surface area contributed by atoms with Gasteiger partial charge in [-0.2, -0.15) is 0 Å². The molecule has 1 amide bonds. The summed E-state index contributed by atoms with van der Waals surface area (Å²) in [5.41, 5.74) is 2.40. The van der Waals surface area contributed by atoms with E-state index in [2.05, 4.69) is 0 Å². The van der Waals surface area contributed by atoms with Crippen molar-refractivity contribution >= 4 is 17.5 Å². The second kappa shape index (κ2) is 9.49. The van der Waals surface area contributed by atoms with Crippen molar-refractivity contribution in [1.82, 2.24) is 4.90 Å². The zero-order chi connectivity index (χ0) is 22.7. The van der Waals surface area contributed by atoms with Gasteiger partial charge in [-0.3, -0.25) is 4.79 Å². The standard InChI is InChI=1S/C25H23ClFNO4/c1-30-23-13-16-11-12-28(25(29)19-5-3-4-6-21(19)26)22(20(16)14-24(23)31-2)15-32-18-9-7-17(27)8-10-18/h3-10,13-14,22H,11-12,15H2,1-2H3/t22-/m0/s1. The number of hydrogen-bond donors (Lipinski definition) is 0. The minimum absolute atomic E-state index is 0.177. The lowest BCUT2D eigenvalue weighted by atomic mass is 9.91. The Balaban J connectivity index is 1.71. The van der Waals surface area contributed by atoms with Crippen molar-refractivity contribution in [2.75, 3.05) is 27.4 Å². The Kier molecular flexibility index (Phi) is 6.51. The molecule has 5 nitrogen and oxygen atoms in total. The van der Waals surface area contributed by atoms with Crippen LogP contribution in [-0.4, -0.2) is 38.2 Å². The molecular formula is C25H23ClFNO4. The van der Waals surface area contributed by atoms with Crippen LogP contribution in [0, 0.1) is 5.82 Å². The molecule has 4 rings (SSSR count). The van der Waals surface area contributed by atoms with Crippen molar-refractivity contribution < 1.29 is 23.4 Å². The van der Waals surface area contributed by atoms with E-state index in [0.717, 1.165) is 11.1 Å². The summed E-state index contributed by atoms with van der Waals surface area (Å²) in [5, 5.41) is 0.397. The number of rotatable bonds is 6. The van der Waals surface area contributed by atoms with Crippen molar-refractivity contribution in [1.29, 1.82) is 0 Å². The summed E-state index contributed by atoms with van der Waals surface area (Å²) >= 11 is 6.31. The molecule has 0 radical (unpaired) electrons. The first-order valence-electron chi connectivity index (χ1n) is 10.2. The Morgan fingerprint density at radius 1 is 1.06 bits per heavy atom. The van der Waals surface area contributed by atoms with Gasteiger partial charge in [0.1, 0.15) is 18.2 Å². The number of ether oxygens (including phenoxy) is 3. The molecule has 3 aromatic carbocycles. The van der Waals surface area contributed by atoms with E-state index in [1.54, 1.807) is 55.5 Å². The number of halogens is 2. The molecule has 7 heteroatoms. The van der Waals surface area contributed by atoms with Crippen LogP contribution in [0.2, 0.25) is 5.02 Å². The van der Waals surface area contributed by atoms with E-state index in [1.807, 2.05) is 12.1 Å². The molecule has 0 saturated carbocycles. The quantitative estimate of drug-likeness (QED) is 0.505. The van der Waals surface area contributed by atoms with Gasteiger partial charge < -0.3 is 19.1 Å². The molecule has 0 aromatic heterocycles. The second-order valence-corrected chi connectivity index (χ2v) is 7.82. The van der Waals surface area contributed by atoms with Crippen molar-refractivity contribution in [3.05, 3.63) is 88.2 Å². The Bertz CT molecular complexity index is 1120. The summed E-state index contributed by atoms with van der Waals surface area (Å²) in [6.07, 6.45) is 0.652. The molecule has 32 heavy (non-hydrogen) atoms. The summed E-state index contributed by atoms with van der Waals surface area (Å²) in [6.45, 7) is 0.675. The highest BCUT2D eigenvalue weighted by molar-refractivity contribution is 6.33. The Labute approximate surface area is 191 Å². The van der Waals surface area contributed by atoms with Gasteiger partial charge in [0.15, 0.2) is 11.5 Å². The number of carbonyl (C=O) groups is 1. The van der Waals surface area contributed by atoms with Crippen LogP contribution in [0.3, 0.4) is 0 Å². The van der Waals surface area contributed by atoms with Gasteiger partial charge in [-0.15, -0.1) is 0 Å². The third kappa shape index (κ3) is 4.36. The van der Waals surface area contributed by atoms with Crippen molar-refractivity contribution in [2.24, 2.45) is 0 Å². The number of nitrogens with zero attached hydrogens (tertiary/aromatic N) is 1. The van der Waals surface area contributed by atoms with Crippen LogP contribution in [0.1, 0.15) is 27.5 Å². The molecule has 1 aliphatic heterocycles. The van der Waals surface area contributed by atoms with Gasteiger partial charge in [0.25, 0.3) is 5.91 Å². The van der Waals surface area contributed by atoms with Gasteiger partial charge in [-0.25, -0.2) is 4.39 Å². The van der Waals surface area contributed by atoms with Crippen LogP contribution in [0.4, 0.5) is 4.39 Å². The Hall–Kier alpha value is -3.25. The van der Waals surface area contributed by atoms with Gasteiger partial charge in [-0.1, -0.05) is 23.7 Å². The lowest BCUT2D eigenvalue weighted by Crippen LogP contribution is -2.42. The maximum atomic E-state index is 13.5. The SMILES string of the molecule is COc1cc2c(cc1OC)[C@H](COc1ccc(F)cc1)N(C(=O)c1ccccc1Cl)CC2. The molecule has 0 spiro atoms. The molecular weight excluding hydrogens is 433 g/mol. The summed E-state index contributed by atoms with van der Waals surface area (Å²) in [4.78, 5) is 15.2. The van der Waals surface area contributed by atoms with Crippen molar-refractivity contribution in [3.63, 3.8) is 0 Å². The van der Waals surface area contributed by atoms with E-state index >= 15 is 0 Å². The highest BCUT2D eigenvalue weighted by Crippen LogP contribution is 2.39. The van der Waals surface area contributed by atoms with Crippen molar-refractivity contribution in [2.45, 2.75) is 12.5 Å². The molecule has 0 saturated heterocycles. The van der Waals surface area contributed by atoms with Crippen molar-refractivity contribution in [3.8, 4) is 17.2 Å². The number of amides is 1. The van der Waals surface area contributed by atoms with Crippen LogP contribution in [0.5, 0.6) is 17.2 Å². The summed E-state index contributed by atoms with van der Waals surface area (Å²) in [6, 6.07) is 16.2. The Morgan fingerprint density at radius 2 is 1.75 bits per heavy atom. The highest BCUT2D eigenvalue weighted by atomic mass is 35.5. The molecule has 0 bridgehead atoms. The molecule has 0 fully saturated rings. The summed E-state index contributed by atoms with van der Waals surface area (Å²) < 4.78 is 30.2. The average Bonchev–Trinajstić information content (AvgIpc) is 2.82. The zero-order valence-electron chi connectivity index (χ0n) is 17.8. The van der Waals surface area contributed by atoms with Gasteiger partial charge in [0.2, 0.25) is 0 Å². The molecule has 0 aliphatic carbocycles. The van der Waals surface area contributed by atoms with Gasteiger partial charge in [0.05, 0.1) is 30.8 Å². The zero-order valence-corrected chi connectivity index (χ0v) is 18.6. The number of methoxy groups -OCH3 is 2. The second-order valence-electron chi connectivity index (χ2n) is 7.42. The predicted molar refractivity (Wildman–Crippen MR) is 120 cm³/mol. The average molecular weight is 456 g/mol. The van der Waals surface area contributed by atoms with Crippen LogP contribution in [0.15, 0.2) is 60.7 Å². The largest absolute Gasteiger partial charge is 0.493 e. The number of carbonyl (C=O) groups excluding carboxylic acids is 1. The fraction of sp³-hybridized carbons (Fsp3) is 0.240. The van der Waals surface area contributed by atoms with Crippen LogP contribution >= 0.6 is 11.6 Å². The van der Waals surface area contributed by atoms with E-state index in [4.69, 9.17) is 25.8 Å². The van der Waals surface area contributed by atoms with E-state index < -0.39 is 6.04 Å². The monoisotopic (exact) mass is 455 g/mol. The maximum absolute atomic E-state index is 13.5. The van der Waals surface area contributed by atoms with E-state index in [0.29, 0.717) is 40.8 Å². The lowest BCUT2D eigenvalue weighted by molar-refractivity contribution is 0.0589. The van der Waals surface area contributed by atoms with Gasteiger partial charge in [0, 0.05) is 6.54 Å². The first-order valence-corrected chi connectivity index (χ1v) is 10.6. The molecule has 3 aromatic rings. The minimum Gasteiger partial charge on any atom is -0.493 e. The molecule has 166 valence electrons. The first kappa shape index (κ1) is 22.0. The minimum atomic E-state index is -0.396. The fourth-order valence-electron chi connectivity index (χ4n) is 3.95. The number of hydrogen-bond acceptors (Lipinski definition) is 4. The molecule has 0 unspecified atom stereocenters. The molecule has 1 atom stereocenters. The lowest BCUT2D eigenvalue weighted by Gasteiger charge is -2.37. The number of benzene rings is 3. The summed E-state index contributed by atoms with van der Waals surface area (Å²) in [7, 11) is 3.17. The van der Waals surface area contributed by atoms with E-state index in [9.17, 15) is 9.18 Å². The molecule has 1 aliphatic rings. The first-order chi connectivity index (χ1) is 15.5.